The number of likely N-dealkylation sites (tertiary alicyclic amines) is 2. The van der Waals surface area contributed by atoms with Crippen molar-refractivity contribution in [2.75, 3.05) is 19.6 Å². The molecule has 2 aliphatic heterocycles. The quantitative estimate of drug-likeness (QED) is 0.862. The number of hydrogen-bond acceptors (Lipinski definition) is 5. The summed E-state index contributed by atoms with van der Waals surface area (Å²) in [5.74, 6) is 0.754. The summed E-state index contributed by atoms with van der Waals surface area (Å²) in [5, 5.41) is 3.92. The van der Waals surface area contributed by atoms with E-state index in [1.807, 2.05) is 16.7 Å². The van der Waals surface area contributed by atoms with Crippen LogP contribution in [-0.4, -0.2) is 62.4 Å². The summed E-state index contributed by atoms with van der Waals surface area (Å²) < 4.78 is 5.21. The summed E-state index contributed by atoms with van der Waals surface area (Å²) in [5.41, 5.74) is 1.83. The zero-order valence-electron chi connectivity index (χ0n) is 15.6. The van der Waals surface area contributed by atoms with E-state index in [1.54, 1.807) is 18.6 Å². The van der Waals surface area contributed by atoms with Gasteiger partial charge in [-0.3, -0.25) is 9.59 Å². The van der Waals surface area contributed by atoms with Crippen molar-refractivity contribution in [3.63, 3.8) is 0 Å². The number of nitrogens with zero attached hydrogens (tertiary/aromatic N) is 4. The molecule has 27 heavy (non-hydrogen) atoms. The van der Waals surface area contributed by atoms with Crippen LogP contribution in [-0.2, 0) is 17.6 Å². The maximum atomic E-state index is 12.7. The average molecular weight is 371 g/mol. The van der Waals surface area contributed by atoms with Crippen LogP contribution in [0.25, 0.3) is 0 Å². The molecular weight excluding hydrogens is 346 g/mol. The lowest BCUT2D eigenvalue weighted by Gasteiger charge is -2.47. The molecule has 2 fully saturated rings. The highest BCUT2D eigenvalue weighted by Crippen LogP contribution is 2.32. The Labute approximate surface area is 157 Å². The highest BCUT2D eigenvalue weighted by molar-refractivity contribution is 5.91. The smallest absolute Gasteiger partial charge is 0.292 e. The molecule has 2 saturated heterocycles. The number of imidazole rings is 1. The van der Waals surface area contributed by atoms with Crippen LogP contribution >= 0.6 is 0 Å². The number of carbonyl (C=O) groups excluding carboxylic acids is 2. The Morgan fingerprint density at radius 2 is 2.30 bits per heavy atom. The van der Waals surface area contributed by atoms with Crippen molar-refractivity contribution in [1.29, 1.82) is 0 Å². The fraction of sp³-hybridized carbons (Fsp3) is 0.579. The molecule has 0 spiro atoms. The summed E-state index contributed by atoms with van der Waals surface area (Å²) in [4.78, 5) is 36.2. The summed E-state index contributed by atoms with van der Waals surface area (Å²) >= 11 is 0. The number of piperidine rings is 2. The number of rotatable bonds is 5. The second-order valence-electron chi connectivity index (χ2n) is 7.36. The number of carbonyl (C=O) groups is 2. The first-order valence-electron chi connectivity index (χ1n) is 9.67. The number of aromatic amines is 1. The number of aryl methyl sites for hydroxylation is 1. The maximum Gasteiger partial charge on any atom is 0.292 e. The Balaban J connectivity index is 1.40. The summed E-state index contributed by atoms with van der Waals surface area (Å²) in [6.07, 6.45) is 7.17. The van der Waals surface area contributed by atoms with Crippen LogP contribution < -0.4 is 0 Å². The Kier molecular flexibility index (Phi) is 4.96. The Morgan fingerprint density at radius 1 is 1.41 bits per heavy atom. The van der Waals surface area contributed by atoms with Crippen LogP contribution in [0.2, 0.25) is 0 Å². The standard InChI is InChI=1S/C19H25N5O3/c1-2-14-9-17(27-22-14)19(26)23-7-6-16-13(11-23)3-4-18(25)24(16)8-5-15-10-20-12-21-15/h9-10,12-13,16H,2-8,11H2,1H3,(H,20,21)/t13-,16+/m0/s1. The van der Waals surface area contributed by atoms with E-state index in [2.05, 4.69) is 15.1 Å². The molecule has 2 atom stereocenters. The van der Waals surface area contributed by atoms with Crippen LogP contribution in [0, 0.1) is 5.92 Å². The third-order valence-electron chi connectivity index (χ3n) is 5.74. The molecule has 8 heteroatoms. The molecule has 8 nitrogen and oxygen atoms in total. The molecule has 0 aliphatic carbocycles. The molecule has 2 aliphatic rings. The first-order chi connectivity index (χ1) is 13.2. The van der Waals surface area contributed by atoms with Gasteiger partial charge < -0.3 is 19.3 Å². The molecule has 2 amide bonds. The minimum absolute atomic E-state index is 0.0958. The van der Waals surface area contributed by atoms with Gasteiger partial charge >= 0.3 is 0 Å². The van der Waals surface area contributed by atoms with Crippen LogP contribution in [0.3, 0.4) is 0 Å². The summed E-state index contributed by atoms with van der Waals surface area (Å²) in [7, 11) is 0. The molecule has 0 aromatic carbocycles. The van der Waals surface area contributed by atoms with Gasteiger partial charge in [-0.25, -0.2) is 4.98 Å². The lowest BCUT2D eigenvalue weighted by molar-refractivity contribution is -0.140. The third kappa shape index (κ3) is 3.61. The van der Waals surface area contributed by atoms with E-state index in [9.17, 15) is 9.59 Å². The first kappa shape index (κ1) is 17.8. The van der Waals surface area contributed by atoms with Crippen LogP contribution in [0.4, 0.5) is 0 Å². The predicted molar refractivity (Wildman–Crippen MR) is 96.9 cm³/mol. The molecule has 4 heterocycles. The van der Waals surface area contributed by atoms with Gasteiger partial charge in [0, 0.05) is 56.5 Å². The van der Waals surface area contributed by atoms with Gasteiger partial charge in [-0.1, -0.05) is 12.1 Å². The van der Waals surface area contributed by atoms with E-state index in [4.69, 9.17) is 4.52 Å². The molecule has 0 bridgehead atoms. The number of aromatic nitrogens is 3. The van der Waals surface area contributed by atoms with E-state index < -0.39 is 0 Å². The van der Waals surface area contributed by atoms with Crippen molar-refractivity contribution in [1.82, 2.24) is 24.9 Å². The molecule has 1 N–H and O–H groups in total. The maximum absolute atomic E-state index is 12.7. The van der Waals surface area contributed by atoms with E-state index >= 15 is 0 Å². The van der Waals surface area contributed by atoms with Gasteiger partial charge in [0.2, 0.25) is 11.7 Å². The monoisotopic (exact) mass is 371 g/mol. The Bertz CT molecular complexity index is 800. The van der Waals surface area contributed by atoms with Crippen molar-refractivity contribution < 1.29 is 14.1 Å². The number of H-pyrrole nitrogens is 1. The van der Waals surface area contributed by atoms with Gasteiger partial charge in [0.1, 0.15) is 0 Å². The molecule has 0 saturated carbocycles. The summed E-state index contributed by atoms with van der Waals surface area (Å²) in [6, 6.07) is 1.94. The predicted octanol–water partition coefficient (Wildman–Crippen LogP) is 1.66. The van der Waals surface area contributed by atoms with Gasteiger partial charge in [-0.15, -0.1) is 0 Å². The van der Waals surface area contributed by atoms with E-state index in [1.165, 1.54) is 0 Å². The van der Waals surface area contributed by atoms with Crippen molar-refractivity contribution in [2.45, 2.75) is 45.1 Å². The van der Waals surface area contributed by atoms with Gasteiger partial charge in [-0.05, 0) is 25.2 Å². The number of nitrogens with one attached hydrogen (secondary N) is 1. The average Bonchev–Trinajstić information content (AvgIpc) is 3.38. The SMILES string of the molecule is CCc1cc(C(=O)N2CC[C@@H]3[C@@H](CCC(=O)N3CCc3cnc[nH]3)C2)on1. The number of amides is 2. The van der Waals surface area contributed by atoms with Gasteiger partial charge in [0.05, 0.1) is 12.0 Å². The number of fused-ring (bicyclic) bond motifs is 1. The van der Waals surface area contributed by atoms with E-state index in [0.29, 0.717) is 37.7 Å². The largest absolute Gasteiger partial charge is 0.351 e. The zero-order chi connectivity index (χ0) is 18.8. The molecule has 4 rings (SSSR count). The van der Waals surface area contributed by atoms with Crippen LogP contribution in [0.5, 0.6) is 0 Å². The van der Waals surface area contributed by atoms with Gasteiger partial charge in [0.15, 0.2) is 0 Å². The van der Waals surface area contributed by atoms with Gasteiger partial charge in [0.25, 0.3) is 5.91 Å². The molecule has 2 aromatic rings. The van der Waals surface area contributed by atoms with E-state index in [-0.39, 0.29) is 17.9 Å². The normalized spacial score (nSPS) is 22.8. The zero-order valence-corrected chi connectivity index (χ0v) is 15.6. The third-order valence-corrected chi connectivity index (χ3v) is 5.74. The Hall–Kier alpha value is -2.64. The topological polar surface area (TPSA) is 95.3 Å². The minimum Gasteiger partial charge on any atom is -0.351 e. The Morgan fingerprint density at radius 3 is 3.04 bits per heavy atom. The molecule has 0 unspecified atom stereocenters. The van der Waals surface area contributed by atoms with Crippen molar-refractivity contribution in [2.24, 2.45) is 5.92 Å². The molecule has 144 valence electrons. The summed E-state index contributed by atoms with van der Waals surface area (Å²) in [6.45, 7) is 3.97. The van der Waals surface area contributed by atoms with Crippen LogP contribution in [0.1, 0.15) is 48.1 Å². The minimum atomic E-state index is -0.0958. The fourth-order valence-corrected chi connectivity index (χ4v) is 4.22. The fourth-order valence-electron chi connectivity index (χ4n) is 4.22. The first-order valence-corrected chi connectivity index (χ1v) is 9.67. The van der Waals surface area contributed by atoms with Crippen molar-refractivity contribution >= 4 is 11.8 Å². The highest BCUT2D eigenvalue weighted by atomic mass is 16.5. The molecule has 0 radical (unpaired) electrons. The van der Waals surface area contributed by atoms with Crippen LogP contribution in [0.15, 0.2) is 23.1 Å². The lowest BCUT2D eigenvalue weighted by Crippen LogP contribution is -2.57. The molecule has 2 aromatic heterocycles. The second kappa shape index (κ2) is 7.54. The number of hydrogen-bond donors (Lipinski definition) is 1. The highest BCUT2D eigenvalue weighted by Gasteiger charge is 2.40. The van der Waals surface area contributed by atoms with Crippen molar-refractivity contribution in [3.05, 3.63) is 35.7 Å². The molecular formula is C19H25N5O3. The van der Waals surface area contributed by atoms with E-state index in [0.717, 1.165) is 37.1 Å². The van der Waals surface area contributed by atoms with Crippen molar-refractivity contribution in [3.8, 4) is 0 Å². The second-order valence-corrected chi connectivity index (χ2v) is 7.36. The lowest BCUT2D eigenvalue weighted by atomic mass is 9.83. The van der Waals surface area contributed by atoms with Gasteiger partial charge in [-0.2, -0.15) is 0 Å².